The molecule has 24 heavy (non-hydrogen) atoms. The quantitative estimate of drug-likeness (QED) is 0.639. The summed E-state index contributed by atoms with van der Waals surface area (Å²) >= 11 is 5.84. The van der Waals surface area contributed by atoms with Gasteiger partial charge in [-0.1, -0.05) is 11.6 Å². The highest BCUT2D eigenvalue weighted by molar-refractivity contribution is 7.92. The molecule has 0 saturated heterocycles. The molecule has 4 rings (SSSR count). The summed E-state index contributed by atoms with van der Waals surface area (Å²) in [6, 6.07) is 3.33. The second kappa shape index (κ2) is 6.06. The third-order valence-electron chi connectivity index (χ3n) is 3.54. The van der Waals surface area contributed by atoms with Crippen LogP contribution in [0.1, 0.15) is 12.8 Å². The molecule has 1 aliphatic carbocycles. The van der Waals surface area contributed by atoms with Crippen LogP contribution in [-0.2, 0) is 0 Å². The van der Waals surface area contributed by atoms with Gasteiger partial charge in [-0.2, -0.15) is 9.19 Å². The molecule has 0 atom stereocenters. The van der Waals surface area contributed by atoms with Crippen LogP contribution in [0.3, 0.4) is 0 Å². The first-order chi connectivity index (χ1) is 11.7. The average molecular weight is 368 g/mol. The molecule has 0 spiro atoms. The first-order valence-corrected chi connectivity index (χ1v) is 8.16. The van der Waals surface area contributed by atoms with Crippen LogP contribution in [0.5, 0.6) is 11.8 Å². The van der Waals surface area contributed by atoms with Gasteiger partial charge in [-0.25, -0.2) is 15.0 Å². The van der Waals surface area contributed by atoms with E-state index in [1.165, 1.54) is 13.4 Å². The summed E-state index contributed by atoms with van der Waals surface area (Å²) in [5, 5.41) is 5.10. The highest BCUT2D eigenvalue weighted by atomic mass is 35.5. The Morgan fingerprint density at radius 1 is 1.29 bits per heavy atom. The first-order valence-electron chi connectivity index (χ1n) is 7.11. The van der Waals surface area contributed by atoms with Crippen LogP contribution in [-0.4, -0.2) is 37.4 Å². The third kappa shape index (κ3) is 2.63. The van der Waals surface area contributed by atoms with Crippen molar-refractivity contribution in [3.8, 4) is 23.0 Å². The fourth-order valence-corrected chi connectivity index (χ4v) is 2.79. The lowest BCUT2D eigenvalue weighted by Gasteiger charge is -2.11. The fraction of sp³-hybridized carbons (Fsp3) is 0.286. The molecule has 1 fully saturated rings. The van der Waals surface area contributed by atoms with Crippen LogP contribution in [0, 0.1) is 0 Å². The van der Waals surface area contributed by atoms with Crippen molar-refractivity contribution < 1.29 is 13.4 Å². The monoisotopic (exact) mass is 367 g/mol. The zero-order valence-electron chi connectivity index (χ0n) is 12.4. The van der Waals surface area contributed by atoms with E-state index >= 15 is 0 Å². The molecule has 0 unspecified atom stereocenters. The van der Waals surface area contributed by atoms with E-state index in [0.717, 1.165) is 16.9 Å². The van der Waals surface area contributed by atoms with Crippen LogP contribution >= 0.6 is 23.9 Å². The number of aromatic nitrogens is 5. The average Bonchev–Trinajstić information content (AvgIpc) is 3.34. The molecule has 1 saturated carbocycles. The largest absolute Gasteiger partial charge is 0.480 e. The maximum absolute atomic E-state index is 13.3. The van der Waals surface area contributed by atoms with Gasteiger partial charge in [-0.3, -0.25) is 0 Å². The van der Waals surface area contributed by atoms with Crippen molar-refractivity contribution in [2.45, 2.75) is 18.9 Å². The topological polar surface area (TPSA) is 75.0 Å². The van der Waals surface area contributed by atoms with E-state index in [1.807, 2.05) is 0 Å². The molecular formula is C14H11ClFN5O2S. The first kappa shape index (κ1) is 15.4. The molecule has 124 valence electrons. The Labute approximate surface area is 145 Å². The van der Waals surface area contributed by atoms with Crippen molar-refractivity contribution in [3.63, 3.8) is 0 Å². The Morgan fingerprint density at radius 2 is 2.08 bits per heavy atom. The molecule has 1 aliphatic rings. The molecule has 3 aromatic rings. The minimum absolute atomic E-state index is 0.0700. The lowest BCUT2D eigenvalue weighted by Crippen LogP contribution is -2.03. The number of methoxy groups -OCH3 is 1. The lowest BCUT2D eigenvalue weighted by molar-refractivity contribution is 0.288. The van der Waals surface area contributed by atoms with E-state index in [0.29, 0.717) is 34.1 Å². The second-order valence-corrected chi connectivity index (χ2v) is 6.05. The molecule has 0 radical (unpaired) electrons. The standard InChI is InChI=1S/C14H11ClFN5O2S/c1-22-13-10(14(18-6-17-13)23-7-2-3-7)11-8-4-5-9(15)19-12(8)21(20-11)24-16/h4-7H,2-3H2,1H3. The molecule has 3 aromatic heterocycles. The van der Waals surface area contributed by atoms with Crippen LogP contribution in [0.2, 0.25) is 5.15 Å². The Kier molecular flexibility index (Phi) is 3.89. The molecule has 0 amide bonds. The predicted molar refractivity (Wildman–Crippen MR) is 87.9 cm³/mol. The maximum Gasteiger partial charge on any atom is 0.230 e. The molecule has 0 N–H and O–H groups in total. The smallest absolute Gasteiger partial charge is 0.230 e. The van der Waals surface area contributed by atoms with Gasteiger partial charge in [0.15, 0.2) is 18.0 Å². The Bertz CT molecular complexity index is 918. The van der Waals surface area contributed by atoms with Crippen molar-refractivity contribution in [1.29, 1.82) is 0 Å². The minimum atomic E-state index is -0.0700. The molecule has 0 bridgehead atoms. The number of halogens is 2. The van der Waals surface area contributed by atoms with Crippen LogP contribution in [0.25, 0.3) is 22.3 Å². The number of ether oxygens (including phenoxy) is 2. The summed E-state index contributed by atoms with van der Waals surface area (Å²) in [4.78, 5) is 12.4. The number of hydrogen-bond donors (Lipinski definition) is 0. The Morgan fingerprint density at radius 3 is 2.79 bits per heavy atom. The third-order valence-corrected chi connectivity index (χ3v) is 4.14. The fourth-order valence-electron chi connectivity index (χ4n) is 2.33. The number of rotatable bonds is 5. The van der Waals surface area contributed by atoms with Crippen LogP contribution in [0.15, 0.2) is 18.5 Å². The molecular weight excluding hydrogens is 357 g/mol. The highest BCUT2D eigenvalue weighted by Crippen LogP contribution is 2.41. The Balaban J connectivity index is 1.96. The number of pyridine rings is 1. The Hall–Kier alpha value is -2.13. The van der Waals surface area contributed by atoms with Gasteiger partial charge in [0.2, 0.25) is 11.8 Å². The van der Waals surface area contributed by atoms with Crippen molar-refractivity contribution in [1.82, 2.24) is 24.1 Å². The van der Waals surface area contributed by atoms with Gasteiger partial charge in [0.05, 0.1) is 7.11 Å². The predicted octanol–water partition coefficient (Wildman–Crippen LogP) is 3.47. The summed E-state index contributed by atoms with van der Waals surface area (Å²) < 4.78 is 25.5. The van der Waals surface area contributed by atoms with E-state index in [2.05, 4.69) is 20.1 Å². The van der Waals surface area contributed by atoms with Gasteiger partial charge in [0, 0.05) is 5.39 Å². The minimum Gasteiger partial charge on any atom is -0.480 e. The van der Waals surface area contributed by atoms with Gasteiger partial charge in [0.1, 0.15) is 28.8 Å². The summed E-state index contributed by atoms with van der Waals surface area (Å²) in [7, 11) is 1.49. The van der Waals surface area contributed by atoms with Crippen molar-refractivity contribution in [2.24, 2.45) is 0 Å². The van der Waals surface area contributed by atoms with Crippen molar-refractivity contribution in [3.05, 3.63) is 23.6 Å². The van der Waals surface area contributed by atoms with E-state index in [4.69, 9.17) is 21.1 Å². The molecule has 3 heterocycles. The number of nitrogens with zero attached hydrogens (tertiary/aromatic N) is 5. The van der Waals surface area contributed by atoms with Gasteiger partial charge >= 0.3 is 0 Å². The molecule has 10 heteroatoms. The van der Waals surface area contributed by atoms with E-state index in [9.17, 15) is 3.89 Å². The van der Waals surface area contributed by atoms with E-state index in [1.54, 1.807) is 12.1 Å². The van der Waals surface area contributed by atoms with Crippen LogP contribution < -0.4 is 9.47 Å². The van der Waals surface area contributed by atoms with Crippen LogP contribution in [0.4, 0.5) is 3.89 Å². The highest BCUT2D eigenvalue weighted by Gasteiger charge is 2.29. The zero-order chi connectivity index (χ0) is 16.7. The summed E-state index contributed by atoms with van der Waals surface area (Å²) in [5.74, 6) is 0.653. The molecule has 0 aromatic carbocycles. The maximum atomic E-state index is 13.3. The van der Waals surface area contributed by atoms with E-state index < -0.39 is 0 Å². The number of fused-ring (bicyclic) bond motifs is 1. The van der Waals surface area contributed by atoms with Crippen molar-refractivity contribution >= 4 is 35.0 Å². The summed E-state index contributed by atoms with van der Waals surface area (Å²) in [5.41, 5.74) is 1.19. The van der Waals surface area contributed by atoms with E-state index in [-0.39, 0.29) is 23.6 Å². The van der Waals surface area contributed by atoms with Crippen molar-refractivity contribution in [2.75, 3.05) is 7.11 Å². The zero-order valence-corrected chi connectivity index (χ0v) is 14.0. The SMILES string of the molecule is COc1ncnc(OC2CC2)c1-c1nn(SF)c2nc(Cl)ccc12. The normalized spacial score (nSPS) is 14.1. The second-order valence-electron chi connectivity index (χ2n) is 5.18. The van der Waals surface area contributed by atoms with Gasteiger partial charge in [-0.15, -0.1) is 3.89 Å². The van der Waals surface area contributed by atoms with Gasteiger partial charge in [0.25, 0.3) is 0 Å². The van der Waals surface area contributed by atoms with Gasteiger partial charge < -0.3 is 9.47 Å². The lowest BCUT2D eigenvalue weighted by atomic mass is 10.1. The van der Waals surface area contributed by atoms with Gasteiger partial charge in [-0.05, 0) is 25.0 Å². The summed E-state index contributed by atoms with van der Waals surface area (Å²) in [6.45, 7) is 0. The molecule has 7 nitrogen and oxygen atoms in total. The number of hydrogen-bond acceptors (Lipinski definition) is 7. The summed E-state index contributed by atoms with van der Waals surface area (Å²) in [6.07, 6.45) is 3.43. The molecule has 0 aliphatic heterocycles.